The van der Waals surface area contributed by atoms with Gasteiger partial charge >= 0.3 is 19.7 Å². The Balaban J connectivity index is 1.89. The molecule has 0 aromatic carbocycles. The number of hydrogen-bond acceptors (Lipinski definition) is 5. The molecule has 3 rings (SSSR count). The largest absolute Gasteiger partial charge is 0.433 e. The van der Waals surface area contributed by atoms with Gasteiger partial charge in [0.25, 0.3) is 0 Å². The fourth-order valence-electron chi connectivity index (χ4n) is 1.90. The van der Waals surface area contributed by atoms with Crippen LogP contribution < -0.4 is 0 Å². The van der Waals surface area contributed by atoms with Crippen molar-refractivity contribution in [3.05, 3.63) is 28.0 Å². The summed E-state index contributed by atoms with van der Waals surface area (Å²) < 4.78 is 64.4. The smallest absolute Gasteiger partial charge is 0.403 e. The number of hydrogen-bond donors (Lipinski definition) is 0. The lowest BCUT2D eigenvalue weighted by Gasteiger charge is -2.26. The lowest BCUT2D eigenvalue weighted by Crippen LogP contribution is -2.25. The van der Waals surface area contributed by atoms with Crippen molar-refractivity contribution in [1.82, 2.24) is 9.34 Å². The van der Waals surface area contributed by atoms with E-state index in [9.17, 15) is 27.9 Å². The first-order chi connectivity index (χ1) is 10.2. The highest BCUT2D eigenvalue weighted by Gasteiger charge is 2.56. The predicted molar refractivity (Wildman–Crippen MR) is 66.0 cm³/mol. The summed E-state index contributed by atoms with van der Waals surface area (Å²) in [5.41, 5.74) is 0. The standard InChI is InChI=1S/C10H11F3N3O5P/c11-10(12,13)9(7-1-2-8(20-7)16(17)18)21-22(19,14-3-4-14)15-5-6-15/h1-2,9H,3-6H2. The van der Waals surface area contributed by atoms with Crippen molar-refractivity contribution in [2.24, 2.45) is 0 Å². The van der Waals surface area contributed by atoms with E-state index in [4.69, 9.17) is 4.52 Å². The van der Waals surface area contributed by atoms with Crippen molar-refractivity contribution in [2.75, 3.05) is 26.2 Å². The van der Waals surface area contributed by atoms with Gasteiger partial charge in [-0.05, 0) is 6.07 Å². The highest BCUT2D eigenvalue weighted by atomic mass is 31.2. The van der Waals surface area contributed by atoms with Crippen molar-refractivity contribution in [2.45, 2.75) is 12.3 Å². The lowest BCUT2D eigenvalue weighted by atomic mass is 10.3. The van der Waals surface area contributed by atoms with Crippen LogP contribution in [0, 0.1) is 10.1 Å². The molecule has 1 atom stereocenters. The van der Waals surface area contributed by atoms with E-state index in [0.717, 1.165) is 12.1 Å². The van der Waals surface area contributed by atoms with Crippen LogP contribution in [0.2, 0.25) is 0 Å². The van der Waals surface area contributed by atoms with Crippen molar-refractivity contribution in [1.29, 1.82) is 0 Å². The minimum atomic E-state index is -4.91. The Labute approximate surface area is 122 Å². The van der Waals surface area contributed by atoms with Crippen LogP contribution in [-0.4, -0.2) is 46.6 Å². The average Bonchev–Trinajstić information content (AvgIpc) is 3.30. The molecular weight excluding hydrogens is 330 g/mol. The summed E-state index contributed by atoms with van der Waals surface area (Å²) in [6.07, 6.45) is -7.53. The van der Waals surface area contributed by atoms with E-state index in [2.05, 4.69) is 4.42 Å². The summed E-state index contributed by atoms with van der Waals surface area (Å²) in [6, 6.07) is 1.61. The summed E-state index contributed by atoms with van der Waals surface area (Å²) >= 11 is 0. The highest BCUT2D eigenvalue weighted by Crippen LogP contribution is 2.64. The molecule has 2 aliphatic heterocycles. The zero-order chi connectivity index (χ0) is 16.1. The third-order valence-electron chi connectivity index (χ3n) is 3.15. The van der Waals surface area contributed by atoms with Gasteiger partial charge in [-0.25, -0.2) is 9.34 Å². The Kier molecular flexibility index (Phi) is 3.55. The molecule has 0 spiro atoms. The van der Waals surface area contributed by atoms with E-state index in [1.165, 1.54) is 9.34 Å². The SMILES string of the molecule is O=[N+]([O-])c1ccc(C(OP(=O)(N2CC2)N2CC2)C(F)(F)F)o1. The molecule has 2 aliphatic rings. The summed E-state index contributed by atoms with van der Waals surface area (Å²) in [5.74, 6) is -1.62. The molecule has 2 fully saturated rings. The van der Waals surface area contributed by atoms with Gasteiger partial charge in [0.2, 0.25) is 6.10 Å². The number of nitrogens with zero attached hydrogens (tertiary/aromatic N) is 3. The number of rotatable bonds is 6. The van der Waals surface area contributed by atoms with Gasteiger partial charge in [0.1, 0.15) is 10.7 Å². The van der Waals surface area contributed by atoms with Gasteiger partial charge in [-0.3, -0.25) is 19.2 Å². The molecule has 1 aromatic rings. The molecule has 0 N–H and O–H groups in total. The molecule has 0 radical (unpaired) electrons. The molecule has 8 nitrogen and oxygen atoms in total. The molecule has 0 saturated carbocycles. The Morgan fingerprint density at radius 2 is 1.82 bits per heavy atom. The first-order valence-corrected chi connectivity index (χ1v) is 7.85. The van der Waals surface area contributed by atoms with Gasteiger partial charge in [-0.2, -0.15) is 13.2 Å². The van der Waals surface area contributed by atoms with E-state index < -0.39 is 36.5 Å². The first kappa shape index (κ1) is 15.5. The minimum absolute atomic E-state index is 0.386. The number of furan rings is 1. The molecule has 22 heavy (non-hydrogen) atoms. The van der Waals surface area contributed by atoms with E-state index in [-0.39, 0.29) is 0 Å². The van der Waals surface area contributed by atoms with E-state index >= 15 is 0 Å². The maximum absolute atomic E-state index is 13.2. The quantitative estimate of drug-likeness (QED) is 0.340. The Morgan fingerprint density at radius 1 is 1.27 bits per heavy atom. The minimum Gasteiger partial charge on any atom is -0.403 e. The van der Waals surface area contributed by atoms with Gasteiger partial charge in [0.15, 0.2) is 0 Å². The molecule has 0 bridgehead atoms. The van der Waals surface area contributed by atoms with Crippen molar-refractivity contribution >= 4 is 13.6 Å². The normalized spacial score (nSPS) is 20.9. The molecule has 122 valence electrons. The van der Waals surface area contributed by atoms with Gasteiger partial charge in [-0.15, -0.1) is 0 Å². The molecule has 3 heterocycles. The van der Waals surface area contributed by atoms with Crippen LogP contribution in [0.5, 0.6) is 0 Å². The summed E-state index contributed by atoms with van der Waals surface area (Å²) in [7, 11) is -3.76. The van der Waals surface area contributed by atoms with E-state index in [0.29, 0.717) is 26.2 Å². The van der Waals surface area contributed by atoms with Crippen molar-refractivity contribution < 1.29 is 31.6 Å². The maximum Gasteiger partial charge on any atom is 0.433 e. The van der Waals surface area contributed by atoms with Gasteiger partial charge in [-0.1, -0.05) is 0 Å². The van der Waals surface area contributed by atoms with Crippen LogP contribution in [0.15, 0.2) is 16.5 Å². The van der Waals surface area contributed by atoms with E-state index in [1.54, 1.807) is 0 Å². The number of halogens is 3. The zero-order valence-electron chi connectivity index (χ0n) is 11.0. The van der Waals surface area contributed by atoms with Gasteiger partial charge in [0, 0.05) is 26.2 Å². The topological polar surface area (TPSA) is 88.6 Å². The molecule has 12 heteroatoms. The second-order valence-corrected chi connectivity index (χ2v) is 7.18. The molecule has 1 unspecified atom stereocenters. The average molecular weight is 341 g/mol. The Hall–Kier alpha value is -1.42. The molecular formula is C10H11F3N3O5P. The predicted octanol–water partition coefficient (Wildman–Crippen LogP) is 2.55. The van der Waals surface area contributed by atoms with Crippen LogP contribution in [-0.2, 0) is 9.09 Å². The van der Waals surface area contributed by atoms with Crippen LogP contribution in [0.25, 0.3) is 0 Å². The monoisotopic (exact) mass is 341 g/mol. The number of alkyl halides is 3. The van der Waals surface area contributed by atoms with Gasteiger partial charge < -0.3 is 4.42 Å². The third-order valence-corrected chi connectivity index (χ3v) is 5.87. The summed E-state index contributed by atoms with van der Waals surface area (Å²) in [4.78, 5) is 9.57. The second kappa shape index (κ2) is 5.05. The Morgan fingerprint density at radius 3 is 2.18 bits per heavy atom. The highest BCUT2D eigenvalue weighted by molar-refractivity contribution is 7.54. The second-order valence-electron chi connectivity index (χ2n) is 4.86. The Bertz CT molecular complexity index is 624. The molecule has 2 saturated heterocycles. The number of nitro groups is 1. The first-order valence-electron chi connectivity index (χ1n) is 6.32. The van der Waals surface area contributed by atoms with Crippen molar-refractivity contribution in [3.8, 4) is 0 Å². The van der Waals surface area contributed by atoms with Crippen LogP contribution in [0.1, 0.15) is 11.9 Å². The maximum atomic E-state index is 13.2. The fraction of sp³-hybridized carbons (Fsp3) is 0.600. The van der Waals surface area contributed by atoms with Crippen LogP contribution in [0.4, 0.5) is 19.1 Å². The summed E-state index contributed by atoms with van der Waals surface area (Å²) in [5, 5.41) is 10.5. The third kappa shape index (κ3) is 2.89. The molecule has 0 amide bonds. The summed E-state index contributed by atoms with van der Waals surface area (Å²) in [6.45, 7) is 1.54. The molecule has 0 aliphatic carbocycles. The van der Waals surface area contributed by atoms with Gasteiger partial charge in [0.05, 0.1) is 6.07 Å². The fourth-order valence-corrected chi connectivity index (χ4v) is 4.21. The van der Waals surface area contributed by atoms with Crippen LogP contribution in [0.3, 0.4) is 0 Å². The lowest BCUT2D eigenvalue weighted by molar-refractivity contribution is -0.402. The zero-order valence-corrected chi connectivity index (χ0v) is 11.9. The van der Waals surface area contributed by atoms with E-state index in [1.807, 2.05) is 0 Å². The van der Waals surface area contributed by atoms with Crippen molar-refractivity contribution in [3.63, 3.8) is 0 Å². The van der Waals surface area contributed by atoms with Crippen LogP contribution >= 0.6 is 7.67 Å². The molecule has 1 aromatic heterocycles.